The van der Waals surface area contributed by atoms with Gasteiger partial charge in [-0.25, -0.2) is 4.79 Å². The van der Waals surface area contributed by atoms with E-state index in [9.17, 15) is 9.59 Å². The van der Waals surface area contributed by atoms with Crippen LogP contribution < -0.4 is 5.32 Å². The quantitative estimate of drug-likeness (QED) is 0.519. The molecule has 0 bridgehead atoms. The zero-order chi connectivity index (χ0) is 20.8. The highest BCUT2D eigenvalue weighted by atomic mass is 79.9. The maximum absolute atomic E-state index is 12.0. The molecule has 3 aromatic rings. The lowest BCUT2D eigenvalue weighted by Gasteiger charge is -2.09. The molecule has 3 rings (SSSR count). The maximum Gasteiger partial charge on any atom is 0.411 e. The first-order valence-corrected chi connectivity index (χ1v) is 10.00. The number of carbonyl (C=O) groups is 2. The number of hydrogen-bond donors (Lipinski definition) is 1. The van der Waals surface area contributed by atoms with E-state index in [1.807, 2.05) is 67.1 Å². The summed E-state index contributed by atoms with van der Waals surface area (Å²) < 4.78 is 8.06. The molecule has 6 nitrogen and oxygen atoms in total. The van der Waals surface area contributed by atoms with E-state index in [2.05, 4.69) is 26.3 Å². The van der Waals surface area contributed by atoms with Gasteiger partial charge in [0.2, 0.25) is 0 Å². The molecular formula is C22H22BrN3O3. The van der Waals surface area contributed by atoms with Gasteiger partial charge in [-0.05, 0) is 37.6 Å². The van der Waals surface area contributed by atoms with Gasteiger partial charge in [0.1, 0.15) is 12.9 Å². The van der Waals surface area contributed by atoms with Crippen LogP contribution >= 0.6 is 15.9 Å². The van der Waals surface area contributed by atoms with Crippen LogP contribution in [0.3, 0.4) is 0 Å². The number of amides is 1. The third-order valence-electron chi connectivity index (χ3n) is 4.67. The molecule has 0 atom stereocenters. The van der Waals surface area contributed by atoms with Crippen molar-refractivity contribution in [3.8, 4) is 0 Å². The van der Waals surface area contributed by atoms with Crippen LogP contribution in [0.2, 0.25) is 0 Å². The van der Waals surface area contributed by atoms with Crippen molar-refractivity contribution >= 4 is 34.0 Å². The van der Waals surface area contributed by atoms with Crippen LogP contribution in [0.15, 0.2) is 53.0 Å². The van der Waals surface area contributed by atoms with Crippen LogP contribution in [0.5, 0.6) is 0 Å². The van der Waals surface area contributed by atoms with Crippen molar-refractivity contribution in [1.82, 2.24) is 9.78 Å². The molecule has 0 saturated carbocycles. The lowest BCUT2D eigenvalue weighted by molar-refractivity contribution is -0.107. The van der Waals surface area contributed by atoms with Crippen molar-refractivity contribution in [1.29, 1.82) is 0 Å². The van der Waals surface area contributed by atoms with Crippen molar-refractivity contribution in [2.75, 3.05) is 5.32 Å². The lowest BCUT2D eigenvalue weighted by atomic mass is 10.1. The molecular weight excluding hydrogens is 434 g/mol. The molecule has 0 aliphatic carbocycles. The average molecular weight is 456 g/mol. The minimum Gasteiger partial charge on any atom is -0.444 e. The summed E-state index contributed by atoms with van der Waals surface area (Å²) in [5, 5.41) is 7.25. The zero-order valence-electron chi connectivity index (χ0n) is 16.3. The minimum absolute atomic E-state index is 0.187. The number of nitrogens with zero attached hydrogens (tertiary/aromatic N) is 2. The molecule has 0 saturated heterocycles. The Balaban J connectivity index is 1.57. The highest BCUT2D eigenvalue weighted by molar-refractivity contribution is 9.10. The van der Waals surface area contributed by atoms with E-state index in [4.69, 9.17) is 4.74 Å². The van der Waals surface area contributed by atoms with Crippen LogP contribution in [0.25, 0.3) is 0 Å². The molecule has 7 heteroatoms. The summed E-state index contributed by atoms with van der Waals surface area (Å²) in [5.41, 5.74) is 5.44. The molecule has 0 fully saturated rings. The van der Waals surface area contributed by atoms with E-state index >= 15 is 0 Å². The van der Waals surface area contributed by atoms with Gasteiger partial charge < -0.3 is 9.53 Å². The Kier molecular flexibility index (Phi) is 6.82. The second-order valence-electron chi connectivity index (χ2n) is 6.67. The first-order valence-electron chi connectivity index (χ1n) is 9.20. The van der Waals surface area contributed by atoms with Crippen LogP contribution in [0.1, 0.15) is 28.1 Å². The smallest absolute Gasteiger partial charge is 0.411 e. The Labute approximate surface area is 178 Å². The van der Waals surface area contributed by atoms with Crippen molar-refractivity contribution < 1.29 is 14.3 Å². The van der Waals surface area contributed by atoms with Gasteiger partial charge in [0, 0.05) is 33.4 Å². The summed E-state index contributed by atoms with van der Waals surface area (Å²) in [6, 6.07) is 15.1. The average Bonchev–Trinajstić information content (AvgIpc) is 2.96. The van der Waals surface area contributed by atoms with Gasteiger partial charge in [-0.3, -0.25) is 10.00 Å². The van der Waals surface area contributed by atoms with E-state index in [1.165, 1.54) is 0 Å². The molecule has 0 radical (unpaired) electrons. The van der Waals surface area contributed by atoms with Gasteiger partial charge in [0.25, 0.3) is 0 Å². The first-order chi connectivity index (χ1) is 14.0. The monoisotopic (exact) mass is 455 g/mol. The van der Waals surface area contributed by atoms with Crippen LogP contribution in [0, 0.1) is 13.8 Å². The maximum atomic E-state index is 12.0. The van der Waals surface area contributed by atoms with Crippen molar-refractivity contribution in [3.05, 3.63) is 81.1 Å². The highest BCUT2D eigenvalue weighted by Crippen LogP contribution is 2.18. The van der Waals surface area contributed by atoms with Crippen LogP contribution in [-0.2, 0) is 29.1 Å². The molecule has 29 heavy (non-hydrogen) atoms. The zero-order valence-corrected chi connectivity index (χ0v) is 17.9. The minimum atomic E-state index is -0.509. The predicted molar refractivity (Wildman–Crippen MR) is 115 cm³/mol. The van der Waals surface area contributed by atoms with E-state index < -0.39 is 6.09 Å². The SMILES string of the molecule is Cc1nn(Cc2ccc(NC(=O)OCc3ccccc3Br)cc2)c(C)c1CC=O. The van der Waals surface area contributed by atoms with Crippen LogP contribution in [0.4, 0.5) is 10.5 Å². The molecule has 150 valence electrons. The second-order valence-corrected chi connectivity index (χ2v) is 7.52. The summed E-state index contributed by atoms with van der Waals surface area (Å²) >= 11 is 3.43. The summed E-state index contributed by atoms with van der Waals surface area (Å²) in [6.07, 6.45) is 0.769. The lowest BCUT2D eigenvalue weighted by Crippen LogP contribution is -2.13. The number of rotatable bonds is 7. The molecule has 1 N–H and O–H groups in total. The van der Waals surface area contributed by atoms with Crippen LogP contribution in [-0.4, -0.2) is 22.2 Å². The summed E-state index contributed by atoms with van der Waals surface area (Å²) in [7, 11) is 0. The number of aldehydes is 1. The van der Waals surface area contributed by atoms with Gasteiger partial charge in [-0.1, -0.05) is 46.3 Å². The number of anilines is 1. The fraction of sp³-hybridized carbons (Fsp3) is 0.227. The van der Waals surface area contributed by atoms with Crippen molar-refractivity contribution in [2.24, 2.45) is 0 Å². The molecule has 0 aliphatic heterocycles. The Morgan fingerprint density at radius 2 is 1.90 bits per heavy atom. The summed E-state index contributed by atoms with van der Waals surface area (Å²) in [5.74, 6) is 0. The number of hydrogen-bond acceptors (Lipinski definition) is 4. The van der Waals surface area contributed by atoms with Gasteiger partial charge in [0.05, 0.1) is 12.2 Å². The number of ether oxygens (including phenoxy) is 1. The number of nitrogens with one attached hydrogen (secondary N) is 1. The van der Waals surface area contributed by atoms with Gasteiger partial charge in [-0.2, -0.15) is 5.10 Å². The van der Waals surface area contributed by atoms with E-state index in [0.717, 1.165) is 38.8 Å². The predicted octanol–water partition coefficient (Wildman–Crippen LogP) is 4.80. The highest BCUT2D eigenvalue weighted by Gasteiger charge is 2.11. The molecule has 0 unspecified atom stereocenters. The Bertz CT molecular complexity index is 1010. The number of aromatic nitrogens is 2. The fourth-order valence-electron chi connectivity index (χ4n) is 3.05. The van der Waals surface area contributed by atoms with Crippen molar-refractivity contribution in [2.45, 2.75) is 33.4 Å². The van der Waals surface area contributed by atoms with E-state index in [-0.39, 0.29) is 6.61 Å². The van der Waals surface area contributed by atoms with Crippen molar-refractivity contribution in [3.63, 3.8) is 0 Å². The Morgan fingerprint density at radius 1 is 1.17 bits per heavy atom. The van der Waals surface area contributed by atoms with Gasteiger partial charge in [-0.15, -0.1) is 0 Å². The fourth-order valence-corrected chi connectivity index (χ4v) is 3.45. The summed E-state index contributed by atoms with van der Waals surface area (Å²) in [6.45, 7) is 4.66. The molecule has 1 heterocycles. The third kappa shape index (κ3) is 5.32. The normalized spacial score (nSPS) is 10.6. The molecule has 0 aliphatic rings. The Hall–Kier alpha value is -2.93. The molecule has 0 spiro atoms. The molecule has 1 aromatic heterocycles. The number of carbonyl (C=O) groups excluding carboxylic acids is 2. The van der Waals surface area contributed by atoms with Gasteiger partial charge in [0.15, 0.2) is 0 Å². The van der Waals surface area contributed by atoms with E-state index in [1.54, 1.807) is 0 Å². The van der Waals surface area contributed by atoms with E-state index in [0.29, 0.717) is 18.7 Å². The third-order valence-corrected chi connectivity index (χ3v) is 5.44. The standard InChI is InChI=1S/C22H22BrN3O3/c1-15-20(11-12-27)16(2)26(25-15)13-17-7-9-19(10-8-17)24-22(28)29-14-18-5-3-4-6-21(18)23/h3-10,12H,11,13-14H2,1-2H3,(H,24,28). The largest absolute Gasteiger partial charge is 0.444 e. The molecule has 1 amide bonds. The molecule has 2 aromatic carbocycles. The first kappa shape index (κ1) is 20.8. The Morgan fingerprint density at radius 3 is 2.59 bits per heavy atom. The second kappa shape index (κ2) is 9.52. The summed E-state index contributed by atoms with van der Waals surface area (Å²) in [4.78, 5) is 22.9. The number of halogens is 1. The number of benzene rings is 2. The topological polar surface area (TPSA) is 73.2 Å². The van der Waals surface area contributed by atoms with Gasteiger partial charge >= 0.3 is 6.09 Å². The number of aryl methyl sites for hydroxylation is 1.